The second-order valence-corrected chi connectivity index (χ2v) is 8.79. The van der Waals surface area contributed by atoms with Gasteiger partial charge in [-0.25, -0.2) is 0 Å². The number of ether oxygens (including phenoxy) is 2. The molecule has 3 aromatic carbocycles. The van der Waals surface area contributed by atoms with Crippen molar-refractivity contribution in [3.05, 3.63) is 94.4 Å². The fourth-order valence-corrected chi connectivity index (χ4v) is 4.98. The summed E-state index contributed by atoms with van der Waals surface area (Å²) in [5.74, 6) is 1.82. The second-order valence-electron chi connectivity index (χ2n) is 8.79. The lowest BCUT2D eigenvalue weighted by atomic mass is 9.75. The third kappa shape index (κ3) is 4.18. The molecule has 0 aromatic heterocycles. The number of hydrogen-bond acceptors (Lipinski definition) is 3. The Hall–Kier alpha value is -3.04. The van der Waals surface area contributed by atoms with Crippen molar-refractivity contribution >= 4 is 12.2 Å². The number of benzene rings is 3. The summed E-state index contributed by atoms with van der Waals surface area (Å²) >= 11 is 0. The number of piperidine rings is 1. The summed E-state index contributed by atoms with van der Waals surface area (Å²) in [5.41, 5.74) is 2.19. The Morgan fingerprint density at radius 3 is 2.19 bits per heavy atom. The summed E-state index contributed by atoms with van der Waals surface area (Å²) in [7, 11) is 1.72. The van der Waals surface area contributed by atoms with Crippen LogP contribution < -0.4 is 19.9 Å². The first-order valence-corrected chi connectivity index (χ1v) is 11.7. The van der Waals surface area contributed by atoms with Gasteiger partial charge in [-0.2, -0.15) is 0 Å². The van der Waals surface area contributed by atoms with Crippen molar-refractivity contribution in [1.29, 1.82) is 0 Å². The van der Waals surface area contributed by atoms with Crippen LogP contribution in [-0.4, -0.2) is 38.3 Å². The first-order valence-electron chi connectivity index (χ1n) is 11.7. The van der Waals surface area contributed by atoms with Crippen LogP contribution in [0, 0.1) is 0 Å². The minimum atomic E-state index is -0.303. The highest BCUT2D eigenvalue weighted by Crippen LogP contribution is 2.38. The Bertz CT molecular complexity index is 1160. The van der Waals surface area contributed by atoms with Crippen LogP contribution >= 0.6 is 0 Å². The van der Waals surface area contributed by atoms with Gasteiger partial charge in [0, 0.05) is 6.54 Å². The molecular weight excluding hydrogens is 394 g/mol. The number of hydrogen-bond donors (Lipinski definition) is 0. The van der Waals surface area contributed by atoms with E-state index in [2.05, 4.69) is 83.8 Å². The zero-order valence-corrected chi connectivity index (χ0v) is 18.8. The molecule has 3 heteroatoms. The molecule has 3 aromatic rings. The summed E-state index contributed by atoms with van der Waals surface area (Å²) in [6.45, 7) is 4.17. The molecule has 0 saturated carbocycles. The molecule has 0 radical (unpaired) electrons. The predicted octanol–water partition coefficient (Wildman–Crippen LogP) is 4.12. The zero-order chi connectivity index (χ0) is 21.8. The Labute approximate surface area is 190 Å². The summed E-state index contributed by atoms with van der Waals surface area (Å²) in [6.07, 6.45) is 8.72. The summed E-state index contributed by atoms with van der Waals surface area (Å²) in [4.78, 5) is 2.51. The monoisotopic (exact) mass is 425 g/mol. The Kier molecular flexibility index (Phi) is 6.00. The van der Waals surface area contributed by atoms with Crippen molar-refractivity contribution in [1.82, 2.24) is 4.90 Å². The number of methoxy groups -OCH3 is 1. The first-order chi connectivity index (χ1) is 15.8. The maximum atomic E-state index is 6.08. The fraction of sp³-hybridized carbons (Fsp3) is 0.310. The van der Waals surface area contributed by atoms with Crippen molar-refractivity contribution in [2.75, 3.05) is 33.4 Å². The molecule has 2 aliphatic rings. The van der Waals surface area contributed by atoms with E-state index in [1.54, 1.807) is 7.11 Å². The van der Waals surface area contributed by atoms with E-state index < -0.39 is 0 Å². The molecule has 1 aliphatic carbocycles. The summed E-state index contributed by atoms with van der Waals surface area (Å²) in [5, 5.41) is 2.44. The molecule has 32 heavy (non-hydrogen) atoms. The first kappa shape index (κ1) is 20.8. The van der Waals surface area contributed by atoms with Gasteiger partial charge in [0.15, 0.2) is 0 Å². The van der Waals surface area contributed by atoms with Crippen molar-refractivity contribution in [2.45, 2.75) is 24.7 Å². The molecule has 3 nitrogen and oxygen atoms in total. The second kappa shape index (κ2) is 9.22. The zero-order valence-electron chi connectivity index (χ0n) is 18.8. The van der Waals surface area contributed by atoms with Gasteiger partial charge in [0.05, 0.1) is 12.5 Å². The standard InChI is InChI=1S/C29H31NO2/c1-31-28-13-10-23-21-29(22-24(23)20-28,25-8-4-2-5-9-25)26-11-14-27(15-12-26)32-19-18-30-16-6-3-7-17-30/h2,4-5,8-15,20-22H,3,6-7,16-19H2,1H3. The molecule has 1 atom stereocenters. The van der Waals surface area contributed by atoms with Crippen LogP contribution in [0.15, 0.2) is 72.8 Å². The van der Waals surface area contributed by atoms with Crippen molar-refractivity contribution in [3.63, 3.8) is 0 Å². The molecule has 0 N–H and O–H groups in total. The van der Waals surface area contributed by atoms with Gasteiger partial charge in [-0.15, -0.1) is 0 Å². The van der Waals surface area contributed by atoms with Crippen LogP contribution in [0.25, 0.3) is 12.2 Å². The number of nitrogens with zero attached hydrogens (tertiary/aromatic N) is 1. The maximum absolute atomic E-state index is 6.08. The lowest BCUT2D eigenvalue weighted by molar-refractivity contribution is 0.183. The molecule has 1 aliphatic heterocycles. The fourth-order valence-electron chi connectivity index (χ4n) is 4.98. The van der Waals surface area contributed by atoms with Crippen LogP contribution in [-0.2, 0) is 5.41 Å². The SMILES string of the molecule is COc1ccc2c(c1)=CC(c1ccccc1)(c1ccc(OCCN3CCCCC3)cc1)C=2. The van der Waals surface area contributed by atoms with E-state index >= 15 is 0 Å². The third-order valence-corrected chi connectivity index (χ3v) is 6.77. The van der Waals surface area contributed by atoms with Crippen LogP contribution in [0.1, 0.15) is 30.4 Å². The van der Waals surface area contributed by atoms with Crippen molar-refractivity contribution in [3.8, 4) is 11.5 Å². The van der Waals surface area contributed by atoms with Crippen molar-refractivity contribution < 1.29 is 9.47 Å². The predicted molar refractivity (Wildman–Crippen MR) is 131 cm³/mol. The minimum absolute atomic E-state index is 0.303. The van der Waals surface area contributed by atoms with E-state index in [9.17, 15) is 0 Å². The van der Waals surface area contributed by atoms with Gasteiger partial charge in [-0.3, -0.25) is 4.90 Å². The van der Waals surface area contributed by atoms with Gasteiger partial charge in [0.25, 0.3) is 0 Å². The van der Waals surface area contributed by atoms with Gasteiger partial charge in [0.2, 0.25) is 0 Å². The molecular formula is C29H31NO2. The lowest BCUT2D eigenvalue weighted by Gasteiger charge is -2.27. The topological polar surface area (TPSA) is 21.7 Å². The average Bonchev–Trinajstić information content (AvgIpc) is 3.25. The van der Waals surface area contributed by atoms with Crippen LogP contribution in [0.2, 0.25) is 0 Å². The van der Waals surface area contributed by atoms with Crippen molar-refractivity contribution in [2.24, 2.45) is 0 Å². The van der Waals surface area contributed by atoms with Gasteiger partial charge in [-0.05, 0) is 71.8 Å². The maximum Gasteiger partial charge on any atom is 0.119 e. The van der Waals surface area contributed by atoms with Gasteiger partial charge >= 0.3 is 0 Å². The quantitative estimate of drug-likeness (QED) is 0.568. The van der Waals surface area contributed by atoms with Crippen LogP contribution in [0.3, 0.4) is 0 Å². The highest BCUT2D eigenvalue weighted by Gasteiger charge is 2.32. The number of likely N-dealkylation sites (tertiary alicyclic amines) is 1. The van der Waals surface area contributed by atoms with E-state index in [1.165, 1.54) is 53.9 Å². The molecule has 0 spiro atoms. The largest absolute Gasteiger partial charge is 0.497 e. The molecule has 0 bridgehead atoms. The highest BCUT2D eigenvalue weighted by atomic mass is 16.5. The third-order valence-electron chi connectivity index (χ3n) is 6.77. The van der Waals surface area contributed by atoms with E-state index in [0.29, 0.717) is 0 Å². The van der Waals surface area contributed by atoms with E-state index in [0.717, 1.165) is 24.7 Å². The van der Waals surface area contributed by atoms with Gasteiger partial charge < -0.3 is 9.47 Å². The average molecular weight is 426 g/mol. The normalized spacial score (nSPS) is 20.2. The minimum Gasteiger partial charge on any atom is -0.497 e. The number of rotatable bonds is 7. The Balaban J connectivity index is 1.41. The molecule has 1 saturated heterocycles. The number of fused-ring (bicyclic) bond motifs is 1. The summed E-state index contributed by atoms with van der Waals surface area (Å²) < 4.78 is 11.5. The van der Waals surface area contributed by atoms with E-state index in [-0.39, 0.29) is 5.41 Å². The van der Waals surface area contributed by atoms with Gasteiger partial charge in [0.1, 0.15) is 18.1 Å². The molecule has 1 heterocycles. The Morgan fingerprint density at radius 2 is 1.44 bits per heavy atom. The molecule has 5 rings (SSSR count). The van der Waals surface area contributed by atoms with Crippen LogP contribution in [0.5, 0.6) is 11.5 Å². The van der Waals surface area contributed by atoms with Crippen LogP contribution in [0.4, 0.5) is 0 Å². The Morgan fingerprint density at radius 1 is 0.750 bits per heavy atom. The molecule has 0 amide bonds. The smallest absolute Gasteiger partial charge is 0.119 e. The van der Waals surface area contributed by atoms with Gasteiger partial charge in [-0.1, -0.05) is 67.1 Å². The van der Waals surface area contributed by atoms with E-state index in [4.69, 9.17) is 9.47 Å². The lowest BCUT2D eigenvalue weighted by Crippen LogP contribution is -2.33. The molecule has 1 unspecified atom stereocenters. The molecule has 164 valence electrons. The van der Waals surface area contributed by atoms with E-state index in [1.807, 2.05) is 6.07 Å². The molecule has 1 fully saturated rings. The summed E-state index contributed by atoms with van der Waals surface area (Å²) in [6, 6.07) is 25.6. The highest BCUT2D eigenvalue weighted by molar-refractivity contribution is 5.74.